The molecule has 0 amide bonds. The van der Waals surface area contributed by atoms with E-state index in [1.807, 2.05) is 0 Å². The van der Waals surface area contributed by atoms with Crippen molar-refractivity contribution >= 4 is 12.0 Å². The third kappa shape index (κ3) is 4.75. The summed E-state index contributed by atoms with van der Waals surface area (Å²) in [5, 5.41) is 0. The van der Waals surface area contributed by atoms with Gasteiger partial charge in [0.05, 0.1) is 0 Å². The molecule has 4 heteroatoms. The monoisotopic (exact) mass is 358 g/mol. The van der Waals surface area contributed by atoms with Crippen molar-refractivity contribution in [2.24, 2.45) is 0 Å². The van der Waals surface area contributed by atoms with Gasteiger partial charge in [-0.25, -0.2) is 0 Å². The van der Waals surface area contributed by atoms with Crippen LogP contribution in [0.1, 0.15) is 40.9 Å². The zero-order chi connectivity index (χ0) is 12.3. The Kier molecular flexibility index (Phi) is 8.93. The van der Waals surface area contributed by atoms with Gasteiger partial charge >= 0.3 is 118 Å². The summed E-state index contributed by atoms with van der Waals surface area (Å²) in [7, 11) is 0. The first-order valence-electron chi connectivity index (χ1n) is 6.77. The predicted molar refractivity (Wildman–Crippen MR) is 75.6 cm³/mol. The van der Waals surface area contributed by atoms with E-state index < -0.39 is 0 Å². The van der Waals surface area contributed by atoms with Crippen LogP contribution < -0.4 is 9.41 Å². The van der Waals surface area contributed by atoms with Crippen molar-refractivity contribution in [3.63, 3.8) is 0 Å². The smallest absolute Gasteiger partial charge is 1.00 e. The fourth-order valence-corrected chi connectivity index (χ4v) is 12.6. The number of benzene rings is 1. The molecule has 0 aliphatic heterocycles. The molecule has 1 aliphatic rings. The van der Waals surface area contributed by atoms with Crippen molar-refractivity contribution in [1.82, 2.24) is 0 Å². The Balaban J connectivity index is 0.00000162. The molecule has 0 saturated heterocycles. The molecule has 0 N–H and O–H groups in total. The summed E-state index contributed by atoms with van der Waals surface area (Å²) in [6, 6.07) is 9.10. The average molecular weight is 360 g/mol. The van der Waals surface area contributed by atoms with Crippen molar-refractivity contribution in [3.8, 4) is 0 Å². The molecule has 1 aromatic carbocycles. The van der Waals surface area contributed by atoms with Crippen LogP contribution in [0.4, 0.5) is 0 Å². The van der Waals surface area contributed by atoms with E-state index in [-0.39, 0.29) is 37.7 Å². The van der Waals surface area contributed by atoms with Crippen LogP contribution in [0.5, 0.6) is 0 Å². The Labute approximate surface area is 127 Å². The molecule has 1 aromatic rings. The molecule has 1 atom stereocenters. The van der Waals surface area contributed by atoms with E-state index in [4.69, 9.17) is 0 Å². The third-order valence-corrected chi connectivity index (χ3v) is 13.4. The number of rotatable bonds is 5. The largest absolute Gasteiger partial charge is 1.00 e. The van der Waals surface area contributed by atoms with Crippen LogP contribution in [0.3, 0.4) is 0 Å². The van der Waals surface area contributed by atoms with Crippen LogP contribution in [0.25, 0.3) is 6.08 Å². The summed E-state index contributed by atoms with van der Waals surface area (Å²) in [6.07, 6.45) is 6.55. The standard InChI is InChI=1S/C13H15.C2H7Si.2FH.Zr/c1-2-3-6-11-9-12-7-4-5-8-13(12)10-11;1-3-2;;;/h4-5,7-10H,2-3,6H2,1H3;3H,1-2H3;2*1H;/q;;;;+2/p-2. The summed E-state index contributed by atoms with van der Waals surface area (Å²) in [6.45, 7) is 7.39. The second-order valence-corrected chi connectivity index (χ2v) is 20.2. The number of fused-ring (bicyclic) bond motifs is 1. The van der Waals surface area contributed by atoms with Gasteiger partial charge in [0.15, 0.2) is 0 Å². The summed E-state index contributed by atoms with van der Waals surface area (Å²) in [5.74, 6) is -0.326. The second kappa shape index (κ2) is 8.97. The Bertz CT molecular complexity index is 418. The van der Waals surface area contributed by atoms with E-state index in [0.29, 0.717) is 0 Å². The minimum absolute atomic E-state index is 0. The Hall–Kier alpha value is -0.0800. The predicted octanol–water partition coefficient (Wildman–Crippen LogP) is -1.61. The van der Waals surface area contributed by atoms with E-state index >= 15 is 0 Å². The van der Waals surface area contributed by atoms with Gasteiger partial charge in [-0.1, -0.05) is 0 Å². The maximum Gasteiger partial charge on any atom is -1.00 e. The third-order valence-electron chi connectivity index (χ3n) is 3.34. The molecule has 1 unspecified atom stereocenters. The Morgan fingerprint density at radius 2 is 1.84 bits per heavy atom. The minimum Gasteiger partial charge on any atom is -1.00 e. The van der Waals surface area contributed by atoms with Crippen LogP contribution in [-0.2, 0) is 22.4 Å². The number of hydrogen-bond donors (Lipinski definition) is 0. The first-order valence-corrected chi connectivity index (χ1v) is 15.3. The normalized spacial score (nSPS) is 16.0. The molecule has 0 saturated carbocycles. The molecule has 0 nitrogen and oxygen atoms in total. The van der Waals surface area contributed by atoms with E-state index in [1.165, 1.54) is 24.8 Å². The van der Waals surface area contributed by atoms with Crippen LogP contribution in [-0.4, -0.2) is 5.92 Å². The topological polar surface area (TPSA) is 0 Å². The SMILES string of the molecule is CCCCC1=Cc2ccccc2[CH]1[Zr+2][SiH](C)C.[F-].[F-]. The first-order chi connectivity index (χ1) is 8.22. The molecular weight excluding hydrogens is 337 g/mol. The minimum atomic E-state index is -0.326. The fourth-order valence-electron chi connectivity index (χ4n) is 2.52. The maximum atomic E-state index is 2.55. The molecule has 1 aliphatic carbocycles. The van der Waals surface area contributed by atoms with Gasteiger partial charge in [0.2, 0.25) is 0 Å². The number of halogens is 2. The maximum absolute atomic E-state index is 2.55. The van der Waals surface area contributed by atoms with Crippen molar-refractivity contribution in [1.29, 1.82) is 0 Å². The summed E-state index contributed by atoms with van der Waals surface area (Å²) < 4.78 is 0.924. The van der Waals surface area contributed by atoms with Crippen molar-refractivity contribution in [2.45, 2.75) is 42.9 Å². The zero-order valence-corrected chi connectivity index (χ0v) is 15.5. The zero-order valence-electron chi connectivity index (χ0n) is 11.9. The molecule has 19 heavy (non-hydrogen) atoms. The van der Waals surface area contributed by atoms with Crippen LogP contribution in [0, 0.1) is 0 Å². The van der Waals surface area contributed by atoms with Gasteiger partial charge < -0.3 is 9.41 Å². The molecule has 0 aromatic heterocycles. The molecule has 104 valence electrons. The fraction of sp³-hybridized carbons (Fsp3) is 0.467. The van der Waals surface area contributed by atoms with E-state index in [1.54, 1.807) is 11.1 Å². The Morgan fingerprint density at radius 3 is 2.47 bits per heavy atom. The molecule has 0 fully saturated rings. The van der Waals surface area contributed by atoms with Crippen molar-refractivity contribution in [3.05, 3.63) is 41.0 Å². The van der Waals surface area contributed by atoms with Gasteiger partial charge in [-0.15, -0.1) is 0 Å². The second-order valence-electron chi connectivity index (χ2n) is 5.21. The summed E-state index contributed by atoms with van der Waals surface area (Å²) in [5.41, 5.74) is 4.98. The van der Waals surface area contributed by atoms with Crippen LogP contribution in [0.15, 0.2) is 29.8 Å². The summed E-state index contributed by atoms with van der Waals surface area (Å²) >= 11 is -0.188. The average Bonchev–Trinajstić information content (AvgIpc) is 2.64. The molecule has 0 heterocycles. The first kappa shape index (κ1) is 18.9. The van der Waals surface area contributed by atoms with Crippen molar-refractivity contribution < 1.29 is 31.8 Å². The number of unbranched alkanes of at least 4 members (excludes halogenated alkanes) is 1. The number of allylic oxidation sites excluding steroid dienone is 1. The van der Waals surface area contributed by atoms with Crippen LogP contribution in [0.2, 0.25) is 13.1 Å². The number of hydrogen-bond acceptors (Lipinski definition) is 0. The molecule has 0 bridgehead atoms. The summed E-state index contributed by atoms with van der Waals surface area (Å²) in [4.78, 5) is 0. The van der Waals surface area contributed by atoms with E-state index in [0.717, 1.165) is 3.63 Å². The molecule has 2 rings (SSSR count). The molecular formula is C15H22F2SiZr. The molecule has 0 spiro atoms. The van der Waals surface area contributed by atoms with E-state index in [2.05, 4.69) is 50.4 Å². The van der Waals surface area contributed by atoms with Gasteiger partial charge in [-0.05, 0) is 0 Å². The van der Waals surface area contributed by atoms with Crippen LogP contribution >= 0.6 is 0 Å². The Morgan fingerprint density at radius 1 is 1.16 bits per heavy atom. The van der Waals surface area contributed by atoms with Crippen molar-refractivity contribution in [2.75, 3.05) is 0 Å². The van der Waals surface area contributed by atoms with Gasteiger partial charge in [0, 0.05) is 0 Å². The van der Waals surface area contributed by atoms with Gasteiger partial charge in [-0.2, -0.15) is 0 Å². The quantitative estimate of drug-likeness (QED) is 0.555. The van der Waals surface area contributed by atoms with Gasteiger partial charge in [0.1, 0.15) is 0 Å². The van der Waals surface area contributed by atoms with Gasteiger partial charge in [-0.3, -0.25) is 0 Å². The van der Waals surface area contributed by atoms with E-state index in [9.17, 15) is 0 Å². The molecule has 0 radical (unpaired) electrons. The van der Waals surface area contributed by atoms with Gasteiger partial charge in [0.25, 0.3) is 0 Å².